The molecule has 0 radical (unpaired) electrons. The van der Waals surface area contributed by atoms with Crippen LogP contribution in [0.15, 0.2) is 42.5 Å². The number of carbonyl (C=O) groups is 1. The summed E-state index contributed by atoms with van der Waals surface area (Å²) in [6, 6.07) is 13.8. The molecule has 0 spiro atoms. The molecule has 0 aliphatic carbocycles. The van der Waals surface area contributed by atoms with E-state index in [1.54, 1.807) is 0 Å². The highest BCUT2D eigenvalue weighted by Gasteiger charge is 2.16. The van der Waals surface area contributed by atoms with Crippen molar-refractivity contribution < 1.29 is 14.3 Å². The minimum Gasteiger partial charge on any atom is -0.482 e. The van der Waals surface area contributed by atoms with Crippen LogP contribution in [0.4, 0.5) is 0 Å². The first-order valence-corrected chi connectivity index (χ1v) is 10.5. The summed E-state index contributed by atoms with van der Waals surface area (Å²) in [5, 5.41) is 0. The number of benzene rings is 2. The number of carbonyl (C=O) groups excluding carboxylic acids is 1. The highest BCUT2D eigenvalue weighted by atomic mass is 32.2. The summed E-state index contributed by atoms with van der Waals surface area (Å²) >= 11 is 3.98. The summed E-state index contributed by atoms with van der Waals surface area (Å²) in [4.78, 5) is 12.1. The highest BCUT2D eigenvalue weighted by molar-refractivity contribution is 8.16. The van der Waals surface area contributed by atoms with Gasteiger partial charge in [0.1, 0.15) is 11.5 Å². The Hall–Kier alpha value is -1.59. The van der Waals surface area contributed by atoms with Crippen molar-refractivity contribution in [3.8, 4) is 11.5 Å². The van der Waals surface area contributed by atoms with Crippen molar-refractivity contribution in [2.24, 2.45) is 0 Å². The van der Waals surface area contributed by atoms with Crippen LogP contribution in [-0.4, -0.2) is 24.1 Å². The Morgan fingerprint density at radius 2 is 1.68 bits per heavy atom. The molecule has 2 aromatic rings. The van der Waals surface area contributed by atoms with E-state index in [4.69, 9.17) is 9.47 Å². The fourth-order valence-electron chi connectivity index (χ4n) is 2.65. The van der Waals surface area contributed by atoms with E-state index in [0.29, 0.717) is 16.1 Å². The number of hydrogen-bond acceptors (Lipinski definition) is 5. The van der Waals surface area contributed by atoms with E-state index in [1.807, 2.05) is 67.7 Å². The maximum absolute atomic E-state index is 12.1. The highest BCUT2D eigenvalue weighted by Crippen LogP contribution is 2.43. The van der Waals surface area contributed by atoms with Crippen molar-refractivity contribution in [1.29, 1.82) is 0 Å². The third-order valence-electron chi connectivity index (χ3n) is 3.96. The van der Waals surface area contributed by atoms with Crippen LogP contribution in [0.3, 0.4) is 0 Å². The van der Waals surface area contributed by atoms with Gasteiger partial charge in [-0.25, -0.2) is 4.79 Å². The van der Waals surface area contributed by atoms with E-state index in [2.05, 4.69) is 12.1 Å². The van der Waals surface area contributed by atoms with Crippen molar-refractivity contribution in [1.82, 2.24) is 0 Å². The molecule has 25 heavy (non-hydrogen) atoms. The topological polar surface area (TPSA) is 35.5 Å². The summed E-state index contributed by atoms with van der Waals surface area (Å²) in [6.07, 6.45) is 1.29. The summed E-state index contributed by atoms with van der Waals surface area (Å²) < 4.78 is 11.5. The van der Waals surface area contributed by atoms with Gasteiger partial charge in [-0.2, -0.15) is 0 Å². The number of ether oxygens (including phenoxy) is 2. The Labute approximate surface area is 157 Å². The zero-order valence-corrected chi connectivity index (χ0v) is 16.1. The van der Waals surface area contributed by atoms with Crippen LogP contribution in [0.1, 0.15) is 27.7 Å². The largest absolute Gasteiger partial charge is 0.482 e. The van der Waals surface area contributed by atoms with Crippen LogP contribution >= 0.6 is 23.5 Å². The van der Waals surface area contributed by atoms with Crippen LogP contribution in [0, 0.1) is 13.8 Å². The summed E-state index contributed by atoms with van der Waals surface area (Å²) in [5.41, 5.74) is 3.19. The van der Waals surface area contributed by atoms with E-state index in [1.165, 1.54) is 23.5 Å². The van der Waals surface area contributed by atoms with Gasteiger partial charge in [0.15, 0.2) is 6.61 Å². The Balaban J connectivity index is 1.53. The number of aryl methyl sites for hydroxylation is 2. The Bertz CT molecular complexity index is 702. The van der Waals surface area contributed by atoms with Gasteiger partial charge >= 0.3 is 5.97 Å². The van der Waals surface area contributed by atoms with Crippen LogP contribution < -0.4 is 9.47 Å². The molecule has 0 bridgehead atoms. The summed E-state index contributed by atoms with van der Waals surface area (Å²) in [6.45, 7) is 3.76. The molecule has 0 N–H and O–H groups in total. The standard InChI is InChI=1S/C20H22O3S2/c1-14-5-3-6-15(2)19(14)23-18(21)13-22-17-9-7-16(8-10-17)20-24-11-4-12-25-20/h3,5-10,20H,4,11-13H2,1-2H3. The zero-order chi connectivity index (χ0) is 17.6. The first-order valence-electron chi connectivity index (χ1n) is 8.36. The number of hydrogen-bond donors (Lipinski definition) is 0. The van der Waals surface area contributed by atoms with E-state index in [0.717, 1.165) is 11.1 Å². The van der Waals surface area contributed by atoms with Gasteiger partial charge in [0.25, 0.3) is 0 Å². The predicted molar refractivity (Wildman–Crippen MR) is 106 cm³/mol. The molecule has 3 nitrogen and oxygen atoms in total. The first kappa shape index (κ1) is 18.2. The molecular formula is C20H22O3S2. The second kappa shape index (κ2) is 8.68. The Morgan fingerprint density at radius 3 is 2.32 bits per heavy atom. The zero-order valence-electron chi connectivity index (χ0n) is 14.5. The van der Waals surface area contributed by atoms with Crippen molar-refractivity contribution in [3.63, 3.8) is 0 Å². The number of esters is 1. The summed E-state index contributed by atoms with van der Waals surface area (Å²) in [5.74, 6) is 3.37. The summed E-state index contributed by atoms with van der Waals surface area (Å²) in [7, 11) is 0. The van der Waals surface area contributed by atoms with E-state index in [-0.39, 0.29) is 12.6 Å². The molecule has 0 saturated carbocycles. The van der Waals surface area contributed by atoms with E-state index < -0.39 is 0 Å². The minimum absolute atomic E-state index is 0.0972. The average molecular weight is 375 g/mol. The molecule has 2 aromatic carbocycles. The molecule has 1 saturated heterocycles. The normalized spacial score (nSPS) is 15.0. The molecule has 132 valence electrons. The van der Waals surface area contributed by atoms with Crippen molar-refractivity contribution >= 4 is 29.5 Å². The maximum atomic E-state index is 12.1. The predicted octanol–water partition coefficient (Wildman–Crippen LogP) is 5.16. The molecule has 5 heteroatoms. The van der Waals surface area contributed by atoms with Gasteiger partial charge in [-0.05, 0) is 60.6 Å². The van der Waals surface area contributed by atoms with Gasteiger partial charge < -0.3 is 9.47 Å². The second-order valence-corrected chi connectivity index (χ2v) is 8.70. The molecule has 1 aliphatic heterocycles. The molecule has 1 fully saturated rings. The van der Waals surface area contributed by atoms with Crippen LogP contribution in [-0.2, 0) is 4.79 Å². The number of rotatable bonds is 5. The van der Waals surface area contributed by atoms with E-state index >= 15 is 0 Å². The molecule has 0 amide bonds. The lowest BCUT2D eigenvalue weighted by Crippen LogP contribution is -2.18. The van der Waals surface area contributed by atoms with Gasteiger partial charge in [-0.15, -0.1) is 23.5 Å². The van der Waals surface area contributed by atoms with Gasteiger partial charge in [0.05, 0.1) is 4.58 Å². The second-order valence-electron chi connectivity index (χ2n) is 5.98. The van der Waals surface area contributed by atoms with Crippen molar-refractivity contribution in [3.05, 3.63) is 59.2 Å². The monoisotopic (exact) mass is 374 g/mol. The van der Waals surface area contributed by atoms with E-state index in [9.17, 15) is 4.79 Å². The molecular weight excluding hydrogens is 352 g/mol. The number of thioether (sulfide) groups is 2. The molecule has 0 aromatic heterocycles. The lowest BCUT2D eigenvalue weighted by molar-refractivity contribution is -0.136. The van der Waals surface area contributed by atoms with Crippen LogP contribution in [0.2, 0.25) is 0 Å². The third-order valence-corrected chi connectivity index (χ3v) is 6.98. The average Bonchev–Trinajstić information content (AvgIpc) is 2.64. The third kappa shape index (κ3) is 4.95. The Kier molecular flexibility index (Phi) is 6.32. The van der Waals surface area contributed by atoms with Crippen molar-refractivity contribution in [2.45, 2.75) is 24.9 Å². The number of para-hydroxylation sites is 1. The lowest BCUT2D eigenvalue weighted by Gasteiger charge is -2.21. The van der Waals surface area contributed by atoms with Gasteiger partial charge in [0.2, 0.25) is 0 Å². The first-order chi connectivity index (χ1) is 12.1. The fourth-order valence-corrected chi connectivity index (χ4v) is 5.54. The van der Waals surface area contributed by atoms with Gasteiger partial charge in [-0.1, -0.05) is 30.3 Å². The van der Waals surface area contributed by atoms with Crippen LogP contribution in [0.5, 0.6) is 11.5 Å². The fraction of sp³-hybridized carbons (Fsp3) is 0.350. The molecule has 1 heterocycles. The molecule has 0 unspecified atom stereocenters. The smallest absolute Gasteiger partial charge is 0.349 e. The Morgan fingerprint density at radius 1 is 1.04 bits per heavy atom. The molecule has 3 rings (SSSR count). The van der Waals surface area contributed by atoms with Crippen LogP contribution in [0.25, 0.3) is 0 Å². The van der Waals surface area contributed by atoms with Gasteiger partial charge in [-0.3, -0.25) is 0 Å². The van der Waals surface area contributed by atoms with Crippen molar-refractivity contribution in [2.75, 3.05) is 18.1 Å². The SMILES string of the molecule is Cc1cccc(C)c1OC(=O)COc1ccc(C2SCCCS2)cc1. The molecule has 1 aliphatic rings. The minimum atomic E-state index is -0.389. The molecule has 0 atom stereocenters. The van der Waals surface area contributed by atoms with Gasteiger partial charge in [0, 0.05) is 0 Å². The lowest BCUT2D eigenvalue weighted by atomic mass is 10.1. The quantitative estimate of drug-likeness (QED) is 0.534. The maximum Gasteiger partial charge on any atom is 0.349 e.